The molecule has 3 rings (SSSR count). The number of benzene rings is 1. The molecule has 1 aliphatic heterocycles. The van der Waals surface area contributed by atoms with Crippen LogP contribution < -0.4 is 10.2 Å². The van der Waals surface area contributed by atoms with E-state index in [0.717, 1.165) is 4.90 Å². The van der Waals surface area contributed by atoms with Gasteiger partial charge in [-0.2, -0.15) is 39.5 Å². The lowest BCUT2D eigenvalue weighted by atomic mass is 9.76. The molecule has 2 heterocycles. The smallest absolute Gasteiger partial charge is 0.372 e. The van der Waals surface area contributed by atoms with Gasteiger partial charge in [0.1, 0.15) is 22.1 Å². The number of rotatable bonds is 4. The van der Waals surface area contributed by atoms with Gasteiger partial charge in [0.05, 0.1) is 11.1 Å². The first kappa shape index (κ1) is 26.5. The summed E-state index contributed by atoms with van der Waals surface area (Å²) in [5.41, 5.74) is -7.92. The van der Waals surface area contributed by atoms with Crippen LogP contribution in [0.4, 0.5) is 45.3 Å². The molecule has 1 fully saturated rings. The van der Waals surface area contributed by atoms with Gasteiger partial charge in [-0.1, -0.05) is 6.07 Å². The Morgan fingerprint density at radius 3 is 2.03 bits per heavy atom. The van der Waals surface area contributed by atoms with E-state index in [1.54, 1.807) is 7.05 Å². The predicted octanol–water partition coefficient (Wildman–Crippen LogP) is 5.63. The Kier molecular flexibility index (Phi) is 6.92. The van der Waals surface area contributed by atoms with E-state index in [1.165, 1.54) is 12.1 Å². The van der Waals surface area contributed by atoms with Crippen molar-refractivity contribution in [3.05, 3.63) is 57.2 Å². The van der Waals surface area contributed by atoms with Crippen molar-refractivity contribution in [2.75, 3.05) is 18.5 Å². The fourth-order valence-corrected chi connectivity index (χ4v) is 4.40. The number of aliphatic hydroxyl groups is 1. The maximum Gasteiger partial charge on any atom is 0.416 e. The second-order valence-corrected chi connectivity index (χ2v) is 8.48. The van der Waals surface area contributed by atoms with Crippen LogP contribution in [0, 0.1) is 0 Å². The predicted molar refractivity (Wildman–Crippen MR) is 107 cm³/mol. The van der Waals surface area contributed by atoms with Gasteiger partial charge in [-0.15, -0.1) is 0 Å². The molecule has 0 bridgehead atoms. The number of pyridine rings is 1. The van der Waals surface area contributed by atoms with Crippen molar-refractivity contribution >= 4 is 21.7 Å². The first-order chi connectivity index (χ1) is 15.5. The van der Waals surface area contributed by atoms with Crippen molar-refractivity contribution in [1.29, 1.82) is 0 Å². The Hall–Kier alpha value is -2.06. The molecule has 1 saturated heterocycles. The number of hydrogen-bond acceptors (Lipinski definition) is 4. The first-order valence-electron chi connectivity index (χ1n) is 9.64. The molecule has 0 radical (unpaired) electrons. The van der Waals surface area contributed by atoms with E-state index in [-0.39, 0.29) is 28.6 Å². The van der Waals surface area contributed by atoms with Crippen LogP contribution in [-0.2, 0) is 24.3 Å². The third-order valence-corrected chi connectivity index (χ3v) is 6.35. The molecule has 0 saturated carbocycles. The highest BCUT2D eigenvalue weighted by molar-refractivity contribution is 9.10. The molecule has 34 heavy (non-hydrogen) atoms. The summed E-state index contributed by atoms with van der Waals surface area (Å²) in [6, 6.07) is 2.57. The van der Waals surface area contributed by atoms with Gasteiger partial charge >= 0.3 is 18.5 Å². The number of hydrogen-bond donors (Lipinski definition) is 2. The van der Waals surface area contributed by atoms with Crippen molar-refractivity contribution in [1.82, 2.24) is 10.3 Å². The topological polar surface area (TPSA) is 48.4 Å². The van der Waals surface area contributed by atoms with Crippen molar-refractivity contribution in [2.45, 2.75) is 43.1 Å². The third-order valence-electron chi connectivity index (χ3n) is 5.66. The first-order valence-corrected chi connectivity index (χ1v) is 10.4. The van der Waals surface area contributed by atoms with Gasteiger partial charge in [-0.3, -0.25) is 0 Å². The SMILES string of the molecule is CNCc1ccc(N2CCC(c3cc(C(F)(F)F)cc(C(F)(F)F)c3)(C(F)(F)F)C2O)nc1Br. The largest absolute Gasteiger partial charge is 0.416 e. The molecule has 188 valence electrons. The molecule has 0 aliphatic carbocycles. The minimum atomic E-state index is -5.39. The summed E-state index contributed by atoms with van der Waals surface area (Å²) in [6.45, 7) is -0.170. The third kappa shape index (κ3) is 4.71. The molecule has 4 nitrogen and oxygen atoms in total. The van der Waals surface area contributed by atoms with Crippen LogP contribution in [0.5, 0.6) is 0 Å². The Bertz CT molecular complexity index is 1020. The number of nitrogens with zero attached hydrogens (tertiary/aromatic N) is 2. The standard InChI is InChI=1S/C20H17BrF9N3O/c1-31-9-10-2-3-14(32-15(10)21)33-5-4-17(16(33)34,20(28,29)30)11-6-12(18(22,23)24)8-13(7-11)19(25,26)27/h2-3,6-8,16,31,34H,4-5,9H2,1H3. The molecule has 14 heteroatoms. The fraction of sp³-hybridized carbons (Fsp3) is 0.450. The number of halogens is 10. The summed E-state index contributed by atoms with van der Waals surface area (Å²) in [4.78, 5) is 4.89. The molecule has 0 spiro atoms. The zero-order valence-electron chi connectivity index (χ0n) is 17.2. The van der Waals surface area contributed by atoms with Gasteiger partial charge < -0.3 is 15.3 Å². The Morgan fingerprint density at radius 2 is 1.59 bits per heavy atom. The summed E-state index contributed by atoms with van der Waals surface area (Å²) in [7, 11) is 1.65. The molecular weight excluding hydrogens is 549 g/mol. The minimum Gasteiger partial charge on any atom is -0.372 e. The average molecular weight is 566 g/mol. The summed E-state index contributed by atoms with van der Waals surface area (Å²) in [6.07, 6.45) is -19.6. The minimum absolute atomic E-state index is 0.00874. The molecule has 2 unspecified atom stereocenters. The molecule has 2 atom stereocenters. The quantitative estimate of drug-likeness (QED) is 0.373. The van der Waals surface area contributed by atoms with E-state index in [2.05, 4.69) is 26.2 Å². The zero-order chi connectivity index (χ0) is 25.7. The summed E-state index contributed by atoms with van der Waals surface area (Å²) >= 11 is 3.16. The van der Waals surface area contributed by atoms with Crippen LogP contribution in [0.3, 0.4) is 0 Å². The second-order valence-electron chi connectivity index (χ2n) is 7.73. The van der Waals surface area contributed by atoms with Gasteiger partial charge in [0.2, 0.25) is 0 Å². The van der Waals surface area contributed by atoms with Gasteiger partial charge in [0.15, 0.2) is 0 Å². The van der Waals surface area contributed by atoms with E-state index < -0.39 is 59.8 Å². The van der Waals surface area contributed by atoms with Gasteiger partial charge in [0, 0.05) is 13.1 Å². The summed E-state index contributed by atoms with van der Waals surface area (Å²) in [5, 5.41) is 13.6. The van der Waals surface area contributed by atoms with Crippen molar-refractivity contribution < 1.29 is 44.6 Å². The lowest BCUT2D eigenvalue weighted by molar-refractivity contribution is -0.211. The van der Waals surface area contributed by atoms with Crippen molar-refractivity contribution in [3.8, 4) is 0 Å². The van der Waals surface area contributed by atoms with Crippen LogP contribution in [0.15, 0.2) is 34.9 Å². The summed E-state index contributed by atoms with van der Waals surface area (Å²) in [5.74, 6) is -0.131. The van der Waals surface area contributed by atoms with Crippen LogP contribution in [-0.4, -0.2) is 36.1 Å². The number of aromatic nitrogens is 1. The molecule has 0 amide bonds. The maximum atomic E-state index is 14.4. The van der Waals surface area contributed by atoms with Crippen LogP contribution in [0.2, 0.25) is 0 Å². The Labute approximate surface area is 195 Å². The molecule has 1 aliphatic rings. The van der Waals surface area contributed by atoms with E-state index in [0.29, 0.717) is 12.1 Å². The van der Waals surface area contributed by atoms with Crippen LogP contribution in [0.1, 0.15) is 28.7 Å². The molecule has 2 aromatic rings. The molecule has 1 aromatic carbocycles. The number of aliphatic hydroxyl groups excluding tert-OH is 1. The zero-order valence-corrected chi connectivity index (χ0v) is 18.8. The number of nitrogens with one attached hydrogen (secondary N) is 1. The van der Waals surface area contributed by atoms with Gasteiger partial charge in [-0.05, 0) is 64.8 Å². The van der Waals surface area contributed by atoms with Crippen LogP contribution in [0.25, 0.3) is 0 Å². The van der Waals surface area contributed by atoms with E-state index in [9.17, 15) is 44.6 Å². The second kappa shape index (κ2) is 8.86. The van der Waals surface area contributed by atoms with E-state index in [1.807, 2.05) is 0 Å². The van der Waals surface area contributed by atoms with E-state index in [4.69, 9.17) is 0 Å². The van der Waals surface area contributed by atoms with Crippen LogP contribution >= 0.6 is 15.9 Å². The van der Waals surface area contributed by atoms with Crippen molar-refractivity contribution in [2.24, 2.45) is 0 Å². The lowest BCUT2D eigenvalue weighted by Crippen LogP contribution is -2.52. The number of anilines is 1. The highest BCUT2D eigenvalue weighted by atomic mass is 79.9. The summed E-state index contributed by atoms with van der Waals surface area (Å²) < 4.78 is 123. The maximum absolute atomic E-state index is 14.4. The van der Waals surface area contributed by atoms with Crippen molar-refractivity contribution in [3.63, 3.8) is 0 Å². The molecular formula is C20H17BrF9N3O. The normalized spacial score (nSPS) is 21.9. The number of alkyl halides is 9. The van der Waals surface area contributed by atoms with Gasteiger partial charge in [-0.25, -0.2) is 4.98 Å². The van der Waals surface area contributed by atoms with E-state index >= 15 is 0 Å². The Balaban J connectivity index is 2.17. The monoisotopic (exact) mass is 565 g/mol. The molecule has 1 aromatic heterocycles. The fourth-order valence-electron chi connectivity index (χ4n) is 3.95. The average Bonchev–Trinajstić information content (AvgIpc) is 3.06. The lowest BCUT2D eigenvalue weighted by Gasteiger charge is -2.37. The highest BCUT2D eigenvalue weighted by Crippen LogP contribution is 2.53. The molecule has 2 N–H and O–H groups in total. The Morgan fingerprint density at radius 1 is 1.03 bits per heavy atom. The van der Waals surface area contributed by atoms with Gasteiger partial charge in [0.25, 0.3) is 0 Å². The highest BCUT2D eigenvalue weighted by Gasteiger charge is 2.65.